The summed E-state index contributed by atoms with van der Waals surface area (Å²) in [5.74, 6) is -1.78. The van der Waals surface area contributed by atoms with E-state index in [9.17, 15) is 17.8 Å². The normalized spacial score (nSPS) is 24.4. The fourth-order valence-electron chi connectivity index (χ4n) is 2.66. The number of hydrogen-bond acceptors (Lipinski definition) is 2. The van der Waals surface area contributed by atoms with Gasteiger partial charge in [-0.15, -0.1) is 0 Å². The van der Waals surface area contributed by atoms with Crippen LogP contribution in [0.3, 0.4) is 0 Å². The van der Waals surface area contributed by atoms with Gasteiger partial charge in [-0.25, -0.2) is 8.78 Å². The molecule has 0 N–H and O–H groups in total. The highest BCUT2D eigenvalue weighted by Gasteiger charge is 2.26. The first-order chi connectivity index (χ1) is 9.47. The maximum atomic E-state index is 13.5. The Morgan fingerprint density at radius 2 is 2.10 bits per heavy atom. The molecule has 20 heavy (non-hydrogen) atoms. The monoisotopic (exact) mass is 300 g/mol. The predicted molar refractivity (Wildman–Crippen MR) is 75.1 cm³/mol. The van der Waals surface area contributed by atoms with E-state index in [0.29, 0.717) is 12.0 Å². The van der Waals surface area contributed by atoms with Crippen LogP contribution in [0.15, 0.2) is 18.2 Å². The fraction of sp³-hybridized carbons (Fsp3) is 0.533. The molecule has 110 valence electrons. The molecule has 0 spiro atoms. The van der Waals surface area contributed by atoms with E-state index in [2.05, 4.69) is 6.92 Å². The van der Waals surface area contributed by atoms with E-state index in [-0.39, 0.29) is 16.6 Å². The maximum Gasteiger partial charge on any atom is 0.178 e. The van der Waals surface area contributed by atoms with E-state index in [4.69, 9.17) is 0 Å². The number of hydrogen-bond donors (Lipinski definition) is 0. The predicted octanol–water partition coefficient (Wildman–Crippen LogP) is 3.47. The highest BCUT2D eigenvalue weighted by Crippen LogP contribution is 2.27. The SMILES string of the molecule is CC1CCCC(S(=O)CC(=O)c2ccc(F)cc2F)C1. The molecule has 5 heteroatoms. The van der Waals surface area contributed by atoms with Crippen LogP contribution in [0.4, 0.5) is 8.78 Å². The lowest BCUT2D eigenvalue weighted by atomic mass is 9.91. The van der Waals surface area contributed by atoms with Crippen LogP contribution in [0, 0.1) is 17.6 Å². The van der Waals surface area contributed by atoms with E-state index in [1.165, 1.54) is 0 Å². The molecule has 3 atom stereocenters. The molecule has 1 fully saturated rings. The second kappa shape index (κ2) is 6.57. The van der Waals surface area contributed by atoms with Crippen molar-refractivity contribution in [2.75, 3.05) is 5.75 Å². The van der Waals surface area contributed by atoms with Crippen LogP contribution in [0.1, 0.15) is 43.0 Å². The van der Waals surface area contributed by atoms with Crippen LogP contribution in [0.5, 0.6) is 0 Å². The summed E-state index contributed by atoms with van der Waals surface area (Å²) in [5, 5.41) is 0.0196. The summed E-state index contributed by atoms with van der Waals surface area (Å²) in [7, 11) is -1.28. The molecular formula is C15H18F2O2S. The third kappa shape index (κ3) is 3.72. The first-order valence-electron chi connectivity index (χ1n) is 6.83. The second-order valence-corrected chi connectivity index (χ2v) is 7.18. The number of carbonyl (C=O) groups is 1. The van der Waals surface area contributed by atoms with Gasteiger partial charge in [0.05, 0.1) is 11.3 Å². The molecule has 0 radical (unpaired) electrons. The molecule has 2 nitrogen and oxygen atoms in total. The first kappa shape index (κ1) is 15.3. The average molecular weight is 300 g/mol. The van der Waals surface area contributed by atoms with Gasteiger partial charge < -0.3 is 0 Å². The molecule has 1 aromatic carbocycles. The highest BCUT2D eigenvalue weighted by molar-refractivity contribution is 7.86. The smallest absolute Gasteiger partial charge is 0.178 e. The molecular weight excluding hydrogens is 282 g/mol. The summed E-state index contributed by atoms with van der Waals surface area (Å²) in [6.45, 7) is 2.12. The summed E-state index contributed by atoms with van der Waals surface area (Å²) in [4.78, 5) is 12.0. The Hall–Kier alpha value is -1.10. The lowest BCUT2D eigenvalue weighted by Crippen LogP contribution is -2.27. The van der Waals surface area contributed by atoms with Crippen molar-refractivity contribution in [3.63, 3.8) is 0 Å². The molecule has 0 bridgehead atoms. The zero-order valence-corrected chi connectivity index (χ0v) is 12.2. The Balaban J connectivity index is 2.02. The molecule has 1 aliphatic carbocycles. The standard InChI is InChI=1S/C15H18F2O2S/c1-10-3-2-4-12(7-10)20(19)9-15(18)13-6-5-11(16)8-14(13)17/h5-6,8,10,12H,2-4,7,9H2,1H3. The fourth-order valence-corrected chi connectivity index (χ4v) is 4.28. The Morgan fingerprint density at radius 1 is 1.35 bits per heavy atom. The number of halogens is 2. The third-order valence-corrected chi connectivity index (χ3v) is 5.48. The molecule has 0 aliphatic heterocycles. The maximum absolute atomic E-state index is 13.5. The van der Waals surface area contributed by atoms with Gasteiger partial charge in [-0.3, -0.25) is 9.00 Å². The van der Waals surface area contributed by atoms with Gasteiger partial charge in [0, 0.05) is 22.1 Å². The first-order valence-corrected chi connectivity index (χ1v) is 8.21. The zero-order valence-electron chi connectivity index (χ0n) is 11.4. The third-order valence-electron chi connectivity index (χ3n) is 3.76. The lowest BCUT2D eigenvalue weighted by Gasteiger charge is -2.25. The van der Waals surface area contributed by atoms with E-state index >= 15 is 0 Å². The van der Waals surface area contributed by atoms with Crippen molar-refractivity contribution in [1.82, 2.24) is 0 Å². The zero-order chi connectivity index (χ0) is 14.7. The van der Waals surface area contributed by atoms with Crippen molar-refractivity contribution in [2.24, 2.45) is 5.92 Å². The van der Waals surface area contributed by atoms with Gasteiger partial charge in [0.25, 0.3) is 0 Å². The molecule has 0 heterocycles. The molecule has 1 saturated carbocycles. The van der Waals surface area contributed by atoms with Crippen LogP contribution in [0.2, 0.25) is 0 Å². The minimum Gasteiger partial charge on any atom is -0.293 e. The lowest BCUT2D eigenvalue weighted by molar-refractivity contribution is 0.101. The van der Waals surface area contributed by atoms with Crippen molar-refractivity contribution in [3.05, 3.63) is 35.4 Å². The second-order valence-electron chi connectivity index (χ2n) is 5.47. The Morgan fingerprint density at radius 3 is 2.75 bits per heavy atom. The summed E-state index contributed by atoms with van der Waals surface area (Å²) in [5.41, 5.74) is -0.177. The van der Waals surface area contributed by atoms with Crippen molar-refractivity contribution < 1.29 is 17.8 Å². The van der Waals surface area contributed by atoms with Crippen LogP contribution >= 0.6 is 0 Å². The van der Waals surface area contributed by atoms with E-state index in [1.54, 1.807) is 0 Å². The molecule has 0 aromatic heterocycles. The number of ketones is 1. The number of Topliss-reactive ketones (excluding diaryl/α,β-unsaturated/α-hetero) is 1. The molecule has 3 unspecified atom stereocenters. The van der Waals surface area contributed by atoms with Gasteiger partial charge in [-0.1, -0.05) is 19.8 Å². The van der Waals surface area contributed by atoms with E-state index in [0.717, 1.165) is 37.8 Å². The van der Waals surface area contributed by atoms with Gasteiger partial charge in [-0.05, 0) is 30.9 Å². The topological polar surface area (TPSA) is 34.1 Å². The van der Waals surface area contributed by atoms with Gasteiger partial charge in [0.15, 0.2) is 5.78 Å². The average Bonchev–Trinajstić information content (AvgIpc) is 2.38. The van der Waals surface area contributed by atoms with Gasteiger partial charge in [0.2, 0.25) is 0 Å². The largest absolute Gasteiger partial charge is 0.293 e. The molecule has 1 aliphatic rings. The van der Waals surface area contributed by atoms with Crippen molar-refractivity contribution in [1.29, 1.82) is 0 Å². The van der Waals surface area contributed by atoms with Gasteiger partial charge in [0.1, 0.15) is 11.6 Å². The Labute approximate surface area is 120 Å². The number of carbonyl (C=O) groups excluding carboxylic acids is 1. The van der Waals surface area contributed by atoms with E-state index < -0.39 is 28.2 Å². The Bertz CT molecular complexity index is 531. The molecule has 0 saturated heterocycles. The van der Waals surface area contributed by atoms with Crippen LogP contribution in [0.25, 0.3) is 0 Å². The quantitative estimate of drug-likeness (QED) is 0.798. The highest BCUT2D eigenvalue weighted by atomic mass is 32.2. The van der Waals surface area contributed by atoms with E-state index in [1.807, 2.05) is 0 Å². The molecule has 1 aromatic rings. The summed E-state index contributed by atoms with van der Waals surface area (Å²) < 4.78 is 38.5. The number of rotatable bonds is 4. The number of benzene rings is 1. The minimum atomic E-state index is -1.28. The van der Waals surface area contributed by atoms with Crippen LogP contribution < -0.4 is 0 Å². The van der Waals surface area contributed by atoms with Crippen molar-refractivity contribution in [3.8, 4) is 0 Å². The van der Waals surface area contributed by atoms with Crippen molar-refractivity contribution in [2.45, 2.75) is 37.9 Å². The van der Waals surface area contributed by atoms with Crippen LogP contribution in [-0.2, 0) is 10.8 Å². The summed E-state index contributed by atoms with van der Waals surface area (Å²) in [6.07, 6.45) is 3.87. The summed E-state index contributed by atoms with van der Waals surface area (Å²) in [6, 6.07) is 2.84. The minimum absolute atomic E-state index is 0.0196. The van der Waals surface area contributed by atoms with Crippen molar-refractivity contribution >= 4 is 16.6 Å². The molecule has 2 rings (SSSR count). The van der Waals surface area contributed by atoms with Crippen LogP contribution in [-0.4, -0.2) is 21.0 Å². The molecule has 0 amide bonds. The van der Waals surface area contributed by atoms with Gasteiger partial charge in [-0.2, -0.15) is 0 Å². The summed E-state index contributed by atoms with van der Waals surface area (Å²) >= 11 is 0. The Kier molecular flexibility index (Phi) is 5.02. The van der Waals surface area contributed by atoms with Gasteiger partial charge >= 0.3 is 0 Å².